The molecule has 2 fully saturated rings. The van der Waals surface area contributed by atoms with Gasteiger partial charge in [-0.05, 0) is 55.9 Å². The Hall–Kier alpha value is -1.22. The van der Waals surface area contributed by atoms with Gasteiger partial charge in [0.05, 0.1) is 0 Å². The SMILES string of the molecule is CCC1CCCCC1Oc1ccc(N2CCNCC2)cc1. The molecule has 2 unspecified atom stereocenters. The molecule has 3 heteroatoms. The van der Waals surface area contributed by atoms with Crippen LogP contribution in [0.25, 0.3) is 0 Å². The Morgan fingerprint density at radius 3 is 2.52 bits per heavy atom. The second-order valence-electron chi connectivity index (χ2n) is 6.34. The number of nitrogens with zero attached hydrogens (tertiary/aromatic N) is 1. The third kappa shape index (κ3) is 3.70. The predicted molar refractivity (Wildman–Crippen MR) is 88.2 cm³/mol. The summed E-state index contributed by atoms with van der Waals surface area (Å²) in [7, 11) is 0. The summed E-state index contributed by atoms with van der Waals surface area (Å²) in [5.41, 5.74) is 1.32. The predicted octanol–water partition coefficient (Wildman–Crippen LogP) is 3.44. The van der Waals surface area contributed by atoms with Gasteiger partial charge in [0, 0.05) is 31.9 Å². The number of anilines is 1. The molecular formula is C18H28N2O. The number of ether oxygens (including phenoxy) is 1. The van der Waals surface area contributed by atoms with Gasteiger partial charge in [0.1, 0.15) is 11.9 Å². The van der Waals surface area contributed by atoms with Gasteiger partial charge in [0.15, 0.2) is 0 Å². The normalized spacial score (nSPS) is 26.6. The van der Waals surface area contributed by atoms with Crippen molar-refractivity contribution in [3.8, 4) is 5.75 Å². The van der Waals surface area contributed by atoms with Crippen LogP contribution in [0.3, 0.4) is 0 Å². The van der Waals surface area contributed by atoms with Crippen molar-refractivity contribution < 1.29 is 4.74 Å². The third-order valence-corrected chi connectivity index (χ3v) is 4.97. The second kappa shape index (κ2) is 7.17. The first kappa shape index (κ1) is 14.7. The molecule has 0 spiro atoms. The lowest BCUT2D eigenvalue weighted by molar-refractivity contribution is 0.0904. The van der Waals surface area contributed by atoms with Gasteiger partial charge in [0.25, 0.3) is 0 Å². The minimum Gasteiger partial charge on any atom is -0.490 e. The van der Waals surface area contributed by atoms with Crippen molar-refractivity contribution in [1.82, 2.24) is 5.32 Å². The molecule has 0 bridgehead atoms. The molecule has 1 aromatic rings. The summed E-state index contributed by atoms with van der Waals surface area (Å²) in [6, 6.07) is 8.73. The Morgan fingerprint density at radius 2 is 1.81 bits per heavy atom. The Bertz CT molecular complexity index is 425. The minimum atomic E-state index is 0.425. The van der Waals surface area contributed by atoms with Crippen molar-refractivity contribution in [2.24, 2.45) is 5.92 Å². The summed E-state index contributed by atoms with van der Waals surface area (Å²) in [6.07, 6.45) is 6.91. The molecule has 3 nitrogen and oxygen atoms in total. The van der Waals surface area contributed by atoms with E-state index in [4.69, 9.17) is 4.74 Å². The Balaban J connectivity index is 1.61. The quantitative estimate of drug-likeness (QED) is 0.918. The molecular weight excluding hydrogens is 260 g/mol. The van der Waals surface area contributed by atoms with E-state index in [9.17, 15) is 0 Å². The smallest absolute Gasteiger partial charge is 0.119 e. The van der Waals surface area contributed by atoms with Gasteiger partial charge in [-0.2, -0.15) is 0 Å². The fraction of sp³-hybridized carbons (Fsp3) is 0.667. The zero-order valence-corrected chi connectivity index (χ0v) is 13.2. The molecule has 0 amide bonds. The van der Waals surface area contributed by atoms with E-state index in [0.717, 1.165) is 37.8 Å². The number of rotatable bonds is 4. The lowest BCUT2D eigenvalue weighted by Gasteiger charge is -2.32. The maximum Gasteiger partial charge on any atom is 0.119 e. The van der Waals surface area contributed by atoms with Crippen LogP contribution in [-0.4, -0.2) is 32.3 Å². The summed E-state index contributed by atoms with van der Waals surface area (Å²) in [5.74, 6) is 1.78. The van der Waals surface area contributed by atoms with E-state index in [-0.39, 0.29) is 0 Å². The van der Waals surface area contributed by atoms with E-state index < -0.39 is 0 Å². The Labute approximate surface area is 128 Å². The van der Waals surface area contributed by atoms with Crippen LogP contribution in [0.5, 0.6) is 5.75 Å². The average Bonchev–Trinajstić information content (AvgIpc) is 2.57. The summed E-state index contributed by atoms with van der Waals surface area (Å²) in [6.45, 7) is 6.65. The van der Waals surface area contributed by atoms with Crippen LogP contribution < -0.4 is 15.0 Å². The lowest BCUT2D eigenvalue weighted by atomic mass is 9.85. The van der Waals surface area contributed by atoms with E-state index in [1.54, 1.807) is 0 Å². The molecule has 3 rings (SSSR count). The van der Waals surface area contributed by atoms with Crippen LogP contribution >= 0.6 is 0 Å². The highest BCUT2D eigenvalue weighted by molar-refractivity contribution is 5.49. The van der Waals surface area contributed by atoms with Crippen LogP contribution in [0, 0.1) is 5.92 Å². The van der Waals surface area contributed by atoms with Crippen molar-refractivity contribution >= 4 is 5.69 Å². The molecule has 1 heterocycles. The first-order valence-electron chi connectivity index (χ1n) is 8.59. The van der Waals surface area contributed by atoms with Gasteiger partial charge >= 0.3 is 0 Å². The molecule has 1 N–H and O–H groups in total. The molecule has 1 aliphatic heterocycles. The average molecular weight is 288 g/mol. The molecule has 116 valence electrons. The van der Waals surface area contributed by atoms with Crippen molar-refractivity contribution in [2.75, 3.05) is 31.1 Å². The summed E-state index contributed by atoms with van der Waals surface area (Å²) < 4.78 is 6.27. The zero-order chi connectivity index (χ0) is 14.5. The molecule has 1 aromatic carbocycles. The van der Waals surface area contributed by atoms with Crippen molar-refractivity contribution in [2.45, 2.75) is 45.1 Å². The third-order valence-electron chi connectivity index (χ3n) is 4.97. The number of piperazine rings is 1. The van der Waals surface area contributed by atoms with E-state index in [0.29, 0.717) is 6.10 Å². The van der Waals surface area contributed by atoms with Crippen molar-refractivity contribution in [1.29, 1.82) is 0 Å². The van der Waals surface area contributed by atoms with E-state index in [1.807, 2.05) is 0 Å². The molecule has 2 atom stereocenters. The van der Waals surface area contributed by atoms with Gasteiger partial charge in [-0.3, -0.25) is 0 Å². The molecule has 0 radical (unpaired) electrons. The summed E-state index contributed by atoms with van der Waals surface area (Å²) in [5, 5.41) is 3.39. The number of nitrogens with one attached hydrogen (secondary N) is 1. The fourth-order valence-corrected chi connectivity index (χ4v) is 3.63. The number of hydrogen-bond acceptors (Lipinski definition) is 3. The fourth-order valence-electron chi connectivity index (χ4n) is 3.63. The molecule has 1 saturated carbocycles. The first-order valence-corrected chi connectivity index (χ1v) is 8.59. The maximum absolute atomic E-state index is 6.27. The van der Waals surface area contributed by atoms with Crippen LogP contribution in [0.2, 0.25) is 0 Å². The summed E-state index contributed by atoms with van der Waals surface area (Å²) >= 11 is 0. The molecule has 0 aromatic heterocycles. The number of benzene rings is 1. The monoisotopic (exact) mass is 288 g/mol. The highest BCUT2D eigenvalue weighted by atomic mass is 16.5. The lowest BCUT2D eigenvalue weighted by Crippen LogP contribution is -2.43. The molecule has 2 aliphatic rings. The summed E-state index contributed by atoms with van der Waals surface area (Å²) in [4.78, 5) is 2.44. The Morgan fingerprint density at radius 1 is 1.10 bits per heavy atom. The van der Waals surface area contributed by atoms with Crippen LogP contribution in [0.4, 0.5) is 5.69 Å². The van der Waals surface area contributed by atoms with Gasteiger partial charge in [0.2, 0.25) is 0 Å². The van der Waals surface area contributed by atoms with E-state index >= 15 is 0 Å². The molecule has 1 saturated heterocycles. The zero-order valence-electron chi connectivity index (χ0n) is 13.2. The minimum absolute atomic E-state index is 0.425. The number of hydrogen-bond donors (Lipinski definition) is 1. The van der Waals surface area contributed by atoms with E-state index in [1.165, 1.54) is 37.8 Å². The van der Waals surface area contributed by atoms with E-state index in [2.05, 4.69) is 41.4 Å². The van der Waals surface area contributed by atoms with Crippen molar-refractivity contribution in [3.05, 3.63) is 24.3 Å². The largest absolute Gasteiger partial charge is 0.490 e. The second-order valence-corrected chi connectivity index (χ2v) is 6.34. The topological polar surface area (TPSA) is 24.5 Å². The van der Waals surface area contributed by atoms with Gasteiger partial charge in [-0.15, -0.1) is 0 Å². The van der Waals surface area contributed by atoms with Crippen LogP contribution in [0.1, 0.15) is 39.0 Å². The molecule has 21 heavy (non-hydrogen) atoms. The molecule has 1 aliphatic carbocycles. The standard InChI is InChI=1S/C18H28N2O/c1-2-15-5-3-4-6-18(15)21-17-9-7-16(8-10-17)20-13-11-19-12-14-20/h7-10,15,18-19H,2-6,11-14H2,1H3. The first-order chi connectivity index (χ1) is 10.4. The van der Waals surface area contributed by atoms with Gasteiger partial charge in [-0.25, -0.2) is 0 Å². The van der Waals surface area contributed by atoms with Gasteiger partial charge in [-0.1, -0.05) is 13.3 Å². The highest BCUT2D eigenvalue weighted by Gasteiger charge is 2.25. The van der Waals surface area contributed by atoms with Crippen LogP contribution in [0.15, 0.2) is 24.3 Å². The van der Waals surface area contributed by atoms with Crippen LogP contribution in [-0.2, 0) is 0 Å². The van der Waals surface area contributed by atoms with Crippen molar-refractivity contribution in [3.63, 3.8) is 0 Å². The maximum atomic E-state index is 6.27. The highest BCUT2D eigenvalue weighted by Crippen LogP contribution is 2.31. The van der Waals surface area contributed by atoms with Gasteiger partial charge < -0.3 is 15.0 Å². The Kier molecular flexibility index (Phi) is 5.02.